The van der Waals surface area contributed by atoms with Gasteiger partial charge in [0.2, 0.25) is 0 Å². The molecular formula is C18H24O. The predicted molar refractivity (Wildman–Crippen MR) is 81.7 cm³/mol. The molecule has 1 aliphatic heterocycles. The van der Waals surface area contributed by atoms with Crippen molar-refractivity contribution >= 4 is 5.57 Å². The largest absolute Gasteiger partial charge is 0.493 e. The summed E-state index contributed by atoms with van der Waals surface area (Å²) in [6.07, 6.45) is 10.2. The predicted octanol–water partition coefficient (Wildman–Crippen LogP) is 5.47. The van der Waals surface area contributed by atoms with Crippen LogP contribution in [0.15, 0.2) is 42.2 Å². The normalized spacial score (nSPS) is 14.6. The van der Waals surface area contributed by atoms with Crippen molar-refractivity contribution in [3.05, 3.63) is 53.3 Å². The molecule has 19 heavy (non-hydrogen) atoms. The van der Waals surface area contributed by atoms with Crippen molar-refractivity contribution in [1.29, 1.82) is 0 Å². The number of unbranched alkanes of at least 4 members (excludes halogenated alkanes) is 2. The van der Waals surface area contributed by atoms with Gasteiger partial charge in [-0.05, 0) is 30.9 Å². The summed E-state index contributed by atoms with van der Waals surface area (Å²) >= 11 is 0. The maximum absolute atomic E-state index is 6.01. The molecule has 1 aromatic carbocycles. The van der Waals surface area contributed by atoms with Crippen LogP contribution in [0.4, 0.5) is 0 Å². The fourth-order valence-corrected chi connectivity index (χ4v) is 2.56. The van der Waals surface area contributed by atoms with Crippen molar-refractivity contribution in [2.75, 3.05) is 0 Å². The standard InChI is InChI=1S/C18H24O/c1-3-5-7-13-18-17(11-6-4-2)16-12-9-8-10-15(16)14-19-18/h4,6,8-10,12H,3,5,7,11,13-14H2,1-2H3/b6-4+. The molecule has 102 valence electrons. The van der Waals surface area contributed by atoms with E-state index in [4.69, 9.17) is 4.74 Å². The van der Waals surface area contributed by atoms with E-state index in [0.717, 1.165) is 19.4 Å². The summed E-state index contributed by atoms with van der Waals surface area (Å²) in [5.74, 6) is 1.21. The SMILES string of the molecule is C/C=C/CC1=C(CCCCC)OCc2ccccc21. The molecule has 2 rings (SSSR count). The van der Waals surface area contributed by atoms with Crippen LogP contribution in [0.5, 0.6) is 0 Å². The van der Waals surface area contributed by atoms with Crippen molar-refractivity contribution in [2.45, 2.75) is 52.6 Å². The molecule has 0 radical (unpaired) electrons. The third-order valence-corrected chi connectivity index (χ3v) is 3.65. The minimum Gasteiger partial charge on any atom is -0.493 e. The molecule has 0 fully saturated rings. The number of benzene rings is 1. The summed E-state index contributed by atoms with van der Waals surface area (Å²) in [5, 5.41) is 0. The number of hydrogen-bond acceptors (Lipinski definition) is 1. The minimum atomic E-state index is 0.733. The molecule has 0 unspecified atom stereocenters. The first-order valence-electron chi connectivity index (χ1n) is 7.41. The topological polar surface area (TPSA) is 9.23 Å². The molecule has 0 saturated heterocycles. The summed E-state index contributed by atoms with van der Waals surface area (Å²) in [7, 11) is 0. The lowest BCUT2D eigenvalue weighted by Crippen LogP contribution is -2.07. The molecule has 1 aliphatic rings. The van der Waals surface area contributed by atoms with Gasteiger partial charge in [-0.15, -0.1) is 0 Å². The van der Waals surface area contributed by atoms with Gasteiger partial charge >= 0.3 is 0 Å². The summed E-state index contributed by atoms with van der Waals surface area (Å²) < 4.78 is 6.01. The van der Waals surface area contributed by atoms with Crippen LogP contribution in [0.2, 0.25) is 0 Å². The second kappa shape index (κ2) is 7.18. The molecule has 0 atom stereocenters. The zero-order valence-corrected chi connectivity index (χ0v) is 12.1. The van der Waals surface area contributed by atoms with E-state index < -0.39 is 0 Å². The van der Waals surface area contributed by atoms with Crippen LogP contribution in [0.1, 0.15) is 57.1 Å². The lowest BCUT2D eigenvalue weighted by atomic mass is 9.93. The fraction of sp³-hybridized carbons (Fsp3) is 0.444. The third kappa shape index (κ3) is 3.50. The quantitative estimate of drug-likeness (QED) is 0.484. The van der Waals surface area contributed by atoms with E-state index in [0.29, 0.717) is 0 Å². The average Bonchev–Trinajstić information content (AvgIpc) is 2.46. The highest BCUT2D eigenvalue weighted by molar-refractivity contribution is 5.72. The van der Waals surface area contributed by atoms with Crippen LogP contribution >= 0.6 is 0 Å². The second-order valence-corrected chi connectivity index (χ2v) is 5.08. The van der Waals surface area contributed by atoms with Gasteiger partial charge in [-0.1, -0.05) is 56.2 Å². The Morgan fingerprint density at radius 1 is 1.21 bits per heavy atom. The maximum Gasteiger partial charge on any atom is 0.113 e. The van der Waals surface area contributed by atoms with Crippen molar-refractivity contribution in [3.8, 4) is 0 Å². The highest BCUT2D eigenvalue weighted by atomic mass is 16.5. The minimum absolute atomic E-state index is 0.733. The Labute approximate surface area is 117 Å². The average molecular weight is 256 g/mol. The van der Waals surface area contributed by atoms with Gasteiger partial charge in [-0.25, -0.2) is 0 Å². The van der Waals surface area contributed by atoms with E-state index in [1.165, 1.54) is 41.7 Å². The van der Waals surface area contributed by atoms with Gasteiger partial charge in [0.1, 0.15) is 12.4 Å². The maximum atomic E-state index is 6.01. The molecule has 0 amide bonds. The lowest BCUT2D eigenvalue weighted by Gasteiger charge is -2.24. The Morgan fingerprint density at radius 2 is 2.05 bits per heavy atom. The summed E-state index contributed by atoms with van der Waals surface area (Å²) in [5.41, 5.74) is 4.09. The molecule has 0 saturated carbocycles. The van der Waals surface area contributed by atoms with E-state index >= 15 is 0 Å². The van der Waals surface area contributed by atoms with E-state index in [1.54, 1.807) is 0 Å². The van der Waals surface area contributed by atoms with Crippen LogP contribution in [0.3, 0.4) is 0 Å². The van der Waals surface area contributed by atoms with Crippen LogP contribution in [0, 0.1) is 0 Å². The first-order chi connectivity index (χ1) is 9.36. The second-order valence-electron chi connectivity index (χ2n) is 5.08. The van der Waals surface area contributed by atoms with Crippen LogP contribution in [-0.4, -0.2) is 0 Å². The van der Waals surface area contributed by atoms with Crippen molar-refractivity contribution in [1.82, 2.24) is 0 Å². The number of fused-ring (bicyclic) bond motifs is 1. The summed E-state index contributed by atoms with van der Waals surface area (Å²) in [6, 6.07) is 8.63. The molecule has 1 heteroatoms. The van der Waals surface area contributed by atoms with Gasteiger partial charge in [0, 0.05) is 12.0 Å². The molecule has 0 spiro atoms. The van der Waals surface area contributed by atoms with Crippen LogP contribution in [0.25, 0.3) is 5.57 Å². The molecule has 1 nitrogen and oxygen atoms in total. The number of ether oxygens (including phenoxy) is 1. The van der Waals surface area contributed by atoms with Gasteiger partial charge in [0.05, 0.1) is 0 Å². The van der Waals surface area contributed by atoms with Crippen molar-refractivity contribution < 1.29 is 4.74 Å². The Kier molecular flexibility index (Phi) is 5.26. The van der Waals surface area contributed by atoms with Crippen LogP contribution < -0.4 is 0 Å². The van der Waals surface area contributed by atoms with Crippen LogP contribution in [-0.2, 0) is 11.3 Å². The third-order valence-electron chi connectivity index (χ3n) is 3.65. The van der Waals surface area contributed by atoms with Gasteiger partial charge in [-0.2, -0.15) is 0 Å². The molecule has 1 aromatic rings. The Balaban J connectivity index is 2.25. The van der Waals surface area contributed by atoms with Gasteiger partial charge < -0.3 is 4.74 Å². The molecule has 0 bridgehead atoms. The molecule has 0 aliphatic carbocycles. The fourth-order valence-electron chi connectivity index (χ4n) is 2.56. The Morgan fingerprint density at radius 3 is 2.84 bits per heavy atom. The van der Waals surface area contributed by atoms with E-state index in [1.807, 2.05) is 0 Å². The van der Waals surface area contributed by atoms with E-state index in [-0.39, 0.29) is 0 Å². The number of hydrogen-bond donors (Lipinski definition) is 0. The van der Waals surface area contributed by atoms with Crippen molar-refractivity contribution in [3.63, 3.8) is 0 Å². The number of rotatable bonds is 6. The lowest BCUT2D eigenvalue weighted by molar-refractivity contribution is 0.183. The van der Waals surface area contributed by atoms with Gasteiger partial charge in [0.25, 0.3) is 0 Å². The first-order valence-corrected chi connectivity index (χ1v) is 7.41. The van der Waals surface area contributed by atoms with E-state index in [9.17, 15) is 0 Å². The van der Waals surface area contributed by atoms with Gasteiger partial charge in [-0.3, -0.25) is 0 Å². The summed E-state index contributed by atoms with van der Waals surface area (Å²) in [6.45, 7) is 5.05. The zero-order chi connectivity index (χ0) is 13.5. The highest BCUT2D eigenvalue weighted by Crippen LogP contribution is 2.34. The van der Waals surface area contributed by atoms with Crippen molar-refractivity contribution in [2.24, 2.45) is 0 Å². The Hall–Kier alpha value is -1.50. The number of allylic oxidation sites excluding steroid dienone is 4. The molecule has 1 heterocycles. The first kappa shape index (κ1) is 13.9. The van der Waals surface area contributed by atoms with E-state index in [2.05, 4.69) is 50.3 Å². The van der Waals surface area contributed by atoms with Gasteiger partial charge in [0.15, 0.2) is 0 Å². The molecule has 0 aromatic heterocycles. The zero-order valence-electron chi connectivity index (χ0n) is 12.1. The summed E-state index contributed by atoms with van der Waals surface area (Å²) in [4.78, 5) is 0. The monoisotopic (exact) mass is 256 g/mol. The Bertz CT molecular complexity index is 468. The molecular weight excluding hydrogens is 232 g/mol. The smallest absolute Gasteiger partial charge is 0.113 e. The molecule has 0 N–H and O–H groups in total. The highest BCUT2D eigenvalue weighted by Gasteiger charge is 2.18.